The van der Waals surface area contributed by atoms with Gasteiger partial charge in [0.05, 0.1) is 41.4 Å². The fourth-order valence-electron chi connectivity index (χ4n) is 22.4. The first-order valence-corrected chi connectivity index (χ1v) is 46.3. The van der Waals surface area contributed by atoms with Crippen molar-refractivity contribution >= 4 is 23.2 Å². The SMILES string of the molecule is CCC1CCC(C(=O)C2CCC(C)CC2)C(F)C1F.CCC1CCC(C(=O)C2CCC(C)CC2)C(F)C1F.CCC1CCC(OC(F)(F)C2CCC(C)CC2)C(Cl)C1F.CCC1CCC(OCC2CCC(C3CCC(C)CC3)CC2)C(F)C1F.CCC1CCC(OCC2CCC(C3CCC(C)CC3)CC2)C(F)C1F.O.O.O.O.O.[HH].[HH].[HH].[HH].[HH].[HH].[HH]. The third-order valence-corrected chi connectivity index (χ3v) is 31.6. The largest absolute Gasteiger partial charge is 0.412 e. The van der Waals surface area contributed by atoms with Crippen molar-refractivity contribution in [2.75, 3.05) is 13.2 Å². The lowest BCUT2D eigenvalue weighted by Crippen LogP contribution is -2.47. The van der Waals surface area contributed by atoms with Crippen molar-refractivity contribution in [1.29, 1.82) is 0 Å². The van der Waals surface area contributed by atoms with E-state index in [1.807, 2.05) is 34.6 Å². The number of halogens is 12. The van der Waals surface area contributed by atoms with Crippen molar-refractivity contribution in [3.8, 4) is 0 Å². The lowest BCUT2D eigenvalue weighted by atomic mass is 9.69. The van der Waals surface area contributed by atoms with Crippen molar-refractivity contribution in [2.24, 2.45) is 124 Å². The summed E-state index contributed by atoms with van der Waals surface area (Å²) in [5.41, 5.74) is 0. The predicted molar refractivity (Wildman–Crippen MR) is 454 cm³/mol. The van der Waals surface area contributed by atoms with Crippen LogP contribution in [0.4, 0.5) is 48.3 Å². The van der Waals surface area contributed by atoms with Crippen molar-refractivity contribution in [3.63, 3.8) is 0 Å². The van der Waals surface area contributed by atoms with Crippen LogP contribution < -0.4 is 0 Å². The summed E-state index contributed by atoms with van der Waals surface area (Å²) in [6, 6.07) is 0. The normalized spacial score (nSPS) is 42.6. The maximum absolute atomic E-state index is 14.3. The van der Waals surface area contributed by atoms with Crippen LogP contribution >= 0.6 is 11.6 Å². The van der Waals surface area contributed by atoms with Crippen LogP contribution in [-0.4, -0.2) is 138 Å². The van der Waals surface area contributed by atoms with E-state index in [0.717, 1.165) is 125 Å². The van der Waals surface area contributed by atoms with Crippen LogP contribution in [0.1, 0.15) is 355 Å². The summed E-state index contributed by atoms with van der Waals surface area (Å²) in [6.07, 6.45) is 23.8. The van der Waals surface area contributed by atoms with Crippen LogP contribution in [0.5, 0.6) is 0 Å². The Labute approximate surface area is 697 Å². The number of Topliss-reactive ketones (excluding diaryl/α,β-unsaturated/α-hetero) is 2. The molecule has 0 aromatic rings. The molecule has 12 saturated carbocycles. The van der Waals surface area contributed by atoms with E-state index in [0.29, 0.717) is 126 Å². The molecule has 10 nitrogen and oxygen atoms in total. The number of carbonyl (C=O) groups excluding carboxylic acids is 2. The Morgan fingerprint density at radius 2 is 0.553 bits per heavy atom. The first-order valence-electron chi connectivity index (χ1n) is 45.9. The summed E-state index contributed by atoms with van der Waals surface area (Å²) in [7, 11) is 0. The summed E-state index contributed by atoms with van der Waals surface area (Å²) in [5.74, 6) is 5.75. The Balaban J connectivity index is -0.000000454. The molecule has 0 aromatic carbocycles. The summed E-state index contributed by atoms with van der Waals surface area (Å²) in [4.78, 5) is 24.8. The first-order chi connectivity index (χ1) is 52.1. The Hall–Kier alpha value is -1.46. The van der Waals surface area contributed by atoms with E-state index in [1.165, 1.54) is 103 Å². The van der Waals surface area contributed by atoms with Crippen LogP contribution in [-0.2, 0) is 23.8 Å². The van der Waals surface area contributed by atoms with Crippen molar-refractivity contribution < 1.29 is 109 Å². The molecule has 10 N–H and O–H groups in total. The molecule has 22 heteroatoms. The van der Waals surface area contributed by atoms with E-state index in [-0.39, 0.29) is 90.4 Å². The zero-order valence-corrected chi connectivity index (χ0v) is 72.8. The van der Waals surface area contributed by atoms with Gasteiger partial charge in [-0.15, -0.1) is 11.6 Å². The number of hydrogen-bond donors (Lipinski definition) is 0. The van der Waals surface area contributed by atoms with Gasteiger partial charge in [0, 0.05) is 35.0 Å². The van der Waals surface area contributed by atoms with Crippen LogP contribution in [0.2, 0.25) is 0 Å². The number of ketones is 2. The molecule has 0 saturated heterocycles. The molecular weight excluding hydrogens is 1510 g/mol. The molecule has 12 rings (SSSR count). The Bertz CT molecular complexity index is 2430. The Kier molecular flexibility index (Phi) is 49.5. The third-order valence-electron chi connectivity index (χ3n) is 31.1. The van der Waals surface area contributed by atoms with E-state index in [1.54, 1.807) is 0 Å². The van der Waals surface area contributed by atoms with Gasteiger partial charge in [-0.2, -0.15) is 8.78 Å². The van der Waals surface area contributed by atoms with Gasteiger partial charge in [-0.3, -0.25) is 9.59 Å². The van der Waals surface area contributed by atoms with Crippen LogP contribution in [0, 0.1) is 124 Å². The number of alkyl halides is 12. The highest BCUT2D eigenvalue weighted by atomic mass is 35.5. The van der Waals surface area contributed by atoms with Gasteiger partial charge in [0.25, 0.3) is 0 Å². The lowest BCUT2D eigenvalue weighted by molar-refractivity contribution is -0.302. The van der Waals surface area contributed by atoms with Gasteiger partial charge in [0.15, 0.2) is 12.3 Å². The molecule has 0 spiro atoms. The van der Waals surface area contributed by atoms with E-state index in [4.69, 9.17) is 25.8 Å². The molecule has 0 heterocycles. The first kappa shape index (κ1) is 107. The van der Waals surface area contributed by atoms with Crippen molar-refractivity contribution in [1.82, 2.24) is 0 Å². The third kappa shape index (κ3) is 30.5. The average Bonchev–Trinajstić information content (AvgIpc) is 0.836. The molecule has 12 fully saturated rings. The van der Waals surface area contributed by atoms with Crippen LogP contribution in [0.3, 0.4) is 0 Å². The highest BCUT2D eigenvalue weighted by Crippen LogP contribution is 2.49. The van der Waals surface area contributed by atoms with Crippen molar-refractivity contribution in [3.05, 3.63) is 0 Å². The molecule has 690 valence electrons. The highest BCUT2D eigenvalue weighted by Gasteiger charge is 2.51. The van der Waals surface area contributed by atoms with Gasteiger partial charge in [-0.25, -0.2) is 39.5 Å². The summed E-state index contributed by atoms with van der Waals surface area (Å²) < 4.78 is 172. The van der Waals surface area contributed by atoms with E-state index in [2.05, 4.69) is 34.6 Å². The molecular formula is C92H178ClF11O10. The topological polar surface area (TPSA) is 219 Å². The maximum atomic E-state index is 14.3. The average molecular weight is 1690 g/mol. The molecule has 0 amide bonds. The molecule has 12 aliphatic rings. The molecule has 0 bridgehead atoms. The molecule has 20 atom stereocenters. The van der Waals surface area contributed by atoms with Crippen molar-refractivity contribution in [2.45, 2.75) is 431 Å². The lowest BCUT2D eigenvalue weighted by Gasteiger charge is -2.39. The van der Waals surface area contributed by atoms with Crippen LogP contribution in [0.25, 0.3) is 0 Å². The minimum absolute atomic E-state index is 0. The maximum Gasteiger partial charge on any atom is 0.358 e. The van der Waals surface area contributed by atoms with Gasteiger partial charge in [-0.1, -0.05) is 166 Å². The van der Waals surface area contributed by atoms with E-state index in [9.17, 15) is 57.9 Å². The van der Waals surface area contributed by atoms with Gasteiger partial charge in [-0.05, 0) is 274 Å². The highest BCUT2D eigenvalue weighted by molar-refractivity contribution is 6.21. The summed E-state index contributed by atoms with van der Waals surface area (Å²) in [6.45, 7) is 22.1. The minimum Gasteiger partial charge on any atom is -0.412 e. The smallest absolute Gasteiger partial charge is 0.358 e. The monoisotopic (exact) mass is 1690 g/mol. The number of carbonyl (C=O) groups is 2. The zero-order chi connectivity index (χ0) is 79.2. The second-order valence-electron chi connectivity index (χ2n) is 38.6. The molecule has 12 aliphatic carbocycles. The molecule has 20 unspecified atom stereocenters. The molecule has 0 aromatic heterocycles. The summed E-state index contributed by atoms with van der Waals surface area (Å²) >= 11 is 6.04. The van der Waals surface area contributed by atoms with Gasteiger partial charge >= 0.3 is 6.11 Å². The fraction of sp³-hybridized carbons (Fsp3) is 0.978. The number of hydrogen-bond acceptors (Lipinski definition) is 5. The van der Waals surface area contributed by atoms with Gasteiger partial charge in [0.2, 0.25) is 0 Å². The van der Waals surface area contributed by atoms with Gasteiger partial charge in [0.1, 0.15) is 54.8 Å². The minimum atomic E-state index is -3.18. The van der Waals surface area contributed by atoms with E-state index < -0.39 is 103 Å². The zero-order valence-electron chi connectivity index (χ0n) is 72.0. The molecule has 114 heavy (non-hydrogen) atoms. The second-order valence-corrected chi connectivity index (χ2v) is 39.1. The predicted octanol–water partition coefficient (Wildman–Crippen LogP) is 25.1. The Morgan fingerprint density at radius 1 is 0.307 bits per heavy atom. The van der Waals surface area contributed by atoms with Gasteiger partial charge < -0.3 is 41.6 Å². The standard InChI is InChI=1S/2C22H38F2O.C16H26ClF3O.2C16H26F2O.5H2O.7H2/c2*1-3-17-12-13-20(22(24)21(17)23)25-14-16-6-10-19(11-7-16)18-8-4-15(2)5-9-18;1-3-11-6-9-13(14(17)15(11)18)21-16(19,20)12-7-4-10(2)5-8-12;2*1-3-11-8-9-13(15(18)14(11)17)16(19)12-6-4-10(2)5-7-12;;;;;;;;;;;;/h2*15-22H,3-14H2,1-2H3;10-15H,3-9H2,1-2H3;2*10-15H,3-9H2,1-2H3;5*1H2;7*1H. The fourth-order valence-corrected chi connectivity index (χ4v) is 22.8. The number of ether oxygens (including phenoxy) is 3. The molecule has 0 radical (unpaired) electrons. The summed E-state index contributed by atoms with van der Waals surface area (Å²) in [5, 5.41) is -0.961. The Morgan fingerprint density at radius 3 is 0.851 bits per heavy atom. The number of rotatable bonds is 20. The second kappa shape index (κ2) is 52.9. The molecule has 0 aliphatic heterocycles. The van der Waals surface area contributed by atoms with Crippen LogP contribution in [0.15, 0.2) is 0 Å². The van der Waals surface area contributed by atoms with E-state index >= 15 is 0 Å². The quantitative estimate of drug-likeness (QED) is 0.0855.